The number of hydrogen-bond acceptors (Lipinski definition) is 4. The van der Waals surface area contributed by atoms with Crippen LogP contribution in [0.5, 0.6) is 0 Å². The standard InChI is InChI=1S/C16H17N.C14H15N3/c1-17(2)16-12-10-15(11-13-16)9-8-14-6-4-3-5-7-14;1-17(2)14-10-8-13(9-11-14)16-15-12-6-4-3-5-7-12/h3-13H,1-2H3;3-11H,1-2H3. The van der Waals surface area contributed by atoms with Crippen LogP contribution in [0.4, 0.5) is 22.7 Å². The maximum atomic E-state index is 4.18. The molecule has 0 fully saturated rings. The largest absolute Gasteiger partial charge is 0.378 e. The van der Waals surface area contributed by atoms with E-state index in [-0.39, 0.29) is 0 Å². The molecule has 0 amide bonds. The Labute approximate surface area is 203 Å². The highest BCUT2D eigenvalue weighted by Crippen LogP contribution is 2.21. The lowest BCUT2D eigenvalue weighted by molar-refractivity contribution is 1.13. The predicted octanol–water partition coefficient (Wildman–Crippen LogP) is 8.09. The van der Waals surface area contributed by atoms with Crippen molar-refractivity contribution >= 4 is 34.9 Å². The quantitative estimate of drug-likeness (QED) is 0.220. The highest BCUT2D eigenvalue weighted by molar-refractivity contribution is 5.70. The molecular formula is C30H32N4. The lowest BCUT2D eigenvalue weighted by atomic mass is 10.1. The Morgan fingerprint density at radius 1 is 0.441 bits per heavy atom. The summed E-state index contributed by atoms with van der Waals surface area (Å²) in [5.41, 5.74) is 6.55. The zero-order valence-corrected chi connectivity index (χ0v) is 20.3. The smallest absolute Gasteiger partial charge is 0.0858 e. The van der Waals surface area contributed by atoms with E-state index in [2.05, 4.69) is 94.8 Å². The molecule has 4 heteroatoms. The maximum absolute atomic E-state index is 4.18. The van der Waals surface area contributed by atoms with E-state index in [4.69, 9.17) is 0 Å². The number of rotatable bonds is 6. The molecule has 0 aliphatic heterocycles. The normalized spacial score (nSPS) is 10.7. The summed E-state index contributed by atoms with van der Waals surface area (Å²) in [6.07, 6.45) is 4.26. The summed E-state index contributed by atoms with van der Waals surface area (Å²) >= 11 is 0. The zero-order chi connectivity index (χ0) is 24.2. The van der Waals surface area contributed by atoms with Gasteiger partial charge in [0.1, 0.15) is 0 Å². The van der Waals surface area contributed by atoms with Crippen LogP contribution >= 0.6 is 0 Å². The third kappa shape index (κ3) is 8.06. The molecule has 0 radical (unpaired) electrons. The van der Waals surface area contributed by atoms with Crippen LogP contribution in [0.3, 0.4) is 0 Å². The summed E-state index contributed by atoms with van der Waals surface area (Å²) in [6.45, 7) is 0. The molecule has 0 saturated heterocycles. The minimum Gasteiger partial charge on any atom is -0.378 e. The molecule has 0 aliphatic rings. The minimum absolute atomic E-state index is 0.861. The molecule has 4 rings (SSSR count). The van der Waals surface area contributed by atoms with Crippen molar-refractivity contribution in [3.05, 3.63) is 120 Å². The lowest BCUT2D eigenvalue weighted by Crippen LogP contribution is -2.07. The average Bonchev–Trinajstić information content (AvgIpc) is 2.88. The van der Waals surface area contributed by atoms with E-state index in [1.165, 1.54) is 16.8 Å². The van der Waals surface area contributed by atoms with Crippen LogP contribution in [-0.2, 0) is 0 Å². The van der Waals surface area contributed by atoms with Crippen LogP contribution in [0.25, 0.3) is 12.2 Å². The summed E-state index contributed by atoms with van der Waals surface area (Å²) in [5.74, 6) is 0. The summed E-state index contributed by atoms with van der Waals surface area (Å²) in [7, 11) is 8.13. The summed E-state index contributed by atoms with van der Waals surface area (Å²) in [5, 5.41) is 8.35. The molecule has 0 unspecified atom stereocenters. The van der Waals surface area contributed by atoms with E-state index < -0.39 is 0 Å². The van der Waals surface area contributed by atoms with Gasteiger partial charge < -0.3 is 9.80 Å². The number of nitrogens with zero attached hydrogens (tertiary/aromatic N) is 4. The second-order valence-electron chi connectivity index (χ2n) is 8.18. The van der Waals surface area contributed by atoms with Crippen molar-refractivity contribution in [3.63, 3.8) is 0 Å². The first-order valence-electron chi connectivity index (χ1n) is 11.3. The Hall–Kier alpha value is -4.18. The lowest BCUT2D eigenvalue weighted by Gasteiger charge is -2.11. The molecule has 0 saturated carbocycles. The van der Waals surface area contributed by atoms with Gasteiger partial charge in [-0.1, -0.05) is 72.8 Å². The van der Waals surface area contributed by atoms with Gasteiger partial charge >= 0.3 is 0 Å². The Bertz CT molecular complexity index is 1070. The number of anilines is 2. The van der Waals surface area contributed by atoms with Crippen molar-refractivity contribution in [2.75, 3.05) is 38.0 Å². The highest BCUT2D eigenvalue weighted by atomic mass is 15.1. The molecule has 0 aliphatic carbocycles. The molecule has 0 atom stereocenters. The molecule has 4 aromatic rings. The zero-order valence-electron chi connectivity index (χ0n) is 20.3. The van der Waals surface area contributed by atoms with Gasteiger partial charge in [0.05, 0.1) is 11.4 Å². The third-order valence-electron chi connectivity index (χ3n) is 5.08. The Balaban J connectivity index is 0.000000191. The molecule has 4 aromatic carbocycles. The van der Waals surface area contributed by atoms with Gasteiger partial charge in [-0.25, -0.2) is 0 Å². The van der Waals surface area contributed by atoms with Crippen molar-refractivity contribution < 1.29 is 0 Å². The van der Waals surface area contributed by atoms with Crippen molar-refractivity contribution in [1.29, 1.82) is 0 Å². The van der Waals surface area contributed by atoms with Crippen molar-refractivity contribution in [2.24, 2.45) is 10.2 Å². The van der Waals surface area contributed by atoms with Gasteiger partial charge in [0.2, 0.25) is 0 Å². The van der Waals surface area contributed by atoms with Gasteiger partial charge in [-0.2, -0.15) is 10.2 Å². The first-order valence-corrected chi connectivity index (χ1v) is 11.3. The number of hydrogen-bond donors (Lipinski definition) is 0. The van der Waals surface area contributed by atoms with Crippen LogP contribution in [0.15, 0.2) is 119 Å². The first-order chi connectivity index (χ1) is 16.5. The fourth-order valence-electron chi connectivity index (χ4n) is 3.07. The van der Waals surface area contributed by atoms with E-state index in [1.54, 1.807) is 0 Å². The molecule has 0 aromatic heterocycles. The van der Waals surface area contributed by atoms with E-state index in [1.807, 2.05) is 74.8 Å². The highest BCUT2D eigenvalue weighted by Gasteiger charge is 1.95. The van der Waals surface area contributed by atoms with E-state index >= 15 is 0 Å². The molecule has 172 valence electrons. The molecule has 0 N–H and O–H groups in total. The topological polar surface area (TPSA) is 31.2 Å². The first kappa shape index (κ1) is 24.5. The van der Waals surface area contributed by atoms with E-state index in [0.29, 0.717) is 0 Å². The average molecular weight is 449 g/mol. The Morgan fingerprint density at radius 3 is 1.29 bits per heavy atom. The van der Waals surface area contributed by atoms with Crippen LogP contribution in [0.2, 0.25) is 0 Å². The van der Waals surface area contributed by atoms with Crippen LogP contribution in [0, 0.1) is 0 Å². The van der Waals surface area contributed by atoms with Gasteiger partial charge in [0.15, 0.2) is 0 Å². The Kier molecular flexibility index (Phi) is 9.18. The van der Waals surface area contributed by atoms with Gasteiger partial charge in [0.25, 0.3) is 0 Å². The number of azo groups is 1. The van der Waals surface area contributed by atoms with Gasteiger partial charge in [-0.15, -0.1) is 0 Å². The SMILES string of the molecule is CN(C)c1ccc(C=Cc2ccccc2)cc1.CN(C)c1ccc(N=Nc2ccccc2)cc1. The van der Waals surface area contributed by atoms with Crippen molar-refractivity contribution in [2.45, 2.75) is 0 Å². The molecule has 0 heterocycles. The van der Waals surface area contributed by atoms with Crippen LogP contribution < -0.4 is 9.80 Å². The fraction of sp³-hybridized carbons (Fsp3) is 0.133. The fourth-order valence-corrected chi connectivity index (χ4v) is 3.07. The maximum Gasteiger partial charge on any atom is 0.0858 e. The minimum atomic E-state index is 0.861. The Morgan fingerprint density at radius 2 is 0.824 bits per heavy atom. The number of benzene rings is 4. The third-order valence-corrected chi connectivity index (χ3v) is 5.08. The summed E-state index contributed by atoms with van der Waals surface area (Å²) in [6, 6.07) is 36.6. The molecule has 34 heavy (non-hydrogen) atoms. The van der Waals surface area contributed by atoms with Gasteiger partial charge in [0, 0.05) is 39.6 Å². The van der Waals surface area contributed by atoms with E-state index in [0.717, 1.165) is 17.1 Å². The van der Waals surface area contributed by atoms with Crippen LogP contribution in [0.1, 0.15) is 11.1 Å². The van der Waals surface area contributed by atoms with Crippen LogP contribution in [-0.4, -0.2) is 28.2 Å². The van der Waals surface area contributed by atoms with Crippen molar-refractivity contribution in [1.82, 2.24) is 0 Å². The second-order valence-corrected chi connectivity index (χ2v) is 8.18. The van der Waals surface area contributed by atoms with Gasteiger partial charge in [-0.3, -0.25) is 0 Å². The van der Waals surface area contributed by atoms with Crippen molar-refractivity contribution in [3.8, 4) is 0 Å². The second kappa shape index (κ2) is 12.8. The molecule has 0 bridgehead atoms. The summed E-state index contributed by atoms with van der Waals surface area (Å²) < 4.78 is 0. The molecule has 0 spiro atoms. The van der Waals surface area contributed by atoms with E-state index in [9.17, 15) is 0 Å². The summed E-state index contributed by atoms with van der Waals surface area (Å²) in [4.78, 5) is 4.16. The van der Waals surface area contributed by atoms with Gasteiger partial charge in [-0.05, 0) is 59.7 Å². The molecular weight excluding hydrogens is 416 g/mol. The predicted molar refractivity (Wildman–Crippen MR) is 148 cm³/mol. The molecule has 4 nitrogen and oxygen atoms in total. The monoisotopic (exact) mass is 448 g/mol.